The van der Waals surface area contributed by atoms with Crippen molar-refractivity contribution in [3.05, 3.63) is 30.3 Å². The van der Waals surface area contributed by atoms with Crippen LogP contribution < -0.4 is 4.74 Å². The van der Waals surface area contributed by atoms with Gasteiger partial charge in [-0.2, -0.15) is 0 Å². The Hall–Kier alpha value is -1.30. The molecule has 1 aromatic rings. The highest BCUT2D eigenvalue weighted by atomic mass is 35.5. The number of para-hydroxylation sites is 1. The molecule has 0 atom stereocenters. The van der Waals surface area contributed by atoms with Gasteiger partial charge in [-0.3, -0.25) is 4.90 Å². The molecule has 1 aliphatic rings. The lowest BCUT2D eigenvalue weighted by Crippen LogP contribution is -2.38. The Morgan fingerprint density at radius 1 is 1.20 bits per heavy atom. The second-order valence-corrected chi connectivity index (χ2v) is 4.28. The fourth-order valence-electron chi connectivity index (χ4n) is 1.81. The molecule has 6 heteroatoms. The zero-order chi connectivity index (χ0) is 13.3. The normalized spacial score (nSPS) is 15.2. The number of esters is 1. The number of rotatable bonds is 6. The number of morpholine rings is 1. The molecule has 20 heavy (non-hydrogen) atoms. The Morgan fingerprint density at radius 2 is 1.90 bits per heavy atom. The molecule has 1 aliphatic heterocycles. The second-order valence-electron chi connectivity index (χ2n) is 4.28. The van der Waals surface area contributed by atoms with Crippen LogP contribution in [0.5, 0.6) is 5.75 Å². The summed E-state index contributed by atoms with van der Waals surface area (Å²) in [5, 5.41) is 0. The van der Waals surface area contributed by atoms with Crippen molar-refractivity contribution in [2.24, 2.45) is 0 Å². The average molecular weight is 302 g/mol. The molecule has 0 saturated carbocycles. The summed E-state index contributed by atoms with van der Waals surface area (Å²) in [6.07, 6.45) is 0. The molecule has 1 saturated heterocycles. The second kappa shape index (κ2) is 9.58. The van der Waals surface area contributed by atoms with Crippen molar-refractivity contribution in [3.63, 3.8) is 0 Å². The minimum atomic E-state index is -0.336. The molecule has 5 nitrogen and oxygen atoms in total. The number of nitrogens with zero attached hydrogens (tertiary/aromatic N) is 1. The van der Waals surface area contributed by atoms with Crippen LogP contribution in [0.4, 0.5) is 0 Å². The molecule has 0 spiro atoms. The van der Waals surface area contributed by atoms with Crippen LogP contribution in [-0.2, 0) is 14.3 Å². The molecule has 1 heterocycles. The molecule has 0 aromatic heterocycles. The predicted octanol–water partition coefficient (Wildman–Crippen LogP) is 1.36. The molecule has 1 aromatic carbocycles. The number of halogens is 1. The van der Waals surface area contributed by atoms with Crippen LogP contribution in [0, 0.1) is 0 Å². The third-order valence-electron chi connectivity index (χ3n) is 2.87. The van der Waals surface area contributed by atoms with Crippen molar-refractivity contribution in [2.75, 3.05) is 46.1 Å². The SMILES string of the molecule is Cl.O=C(COc1ccccc1)OCCN1CCOCC1. The van der Waals surface area contributed by atoms with Crippen molar-refractivity contribution in [3.8, 4) is 5.75 Å². The highest BCUT2D eigenvalue weighted by Crippen LogP contribution is 2.07. The molecule has 0 amide bonds. The molecule has 0 bridgehead atoms. The van der Waals surface area contributed by atoms with Gasteiger partial charge in [-0.15, -0.1) is 12.4 Å². The number of hydrogen-bond acceptors (Lipinski definition) is 5. The van der Waals surface area contributed by atoms with Crippen molar-refractivity contribution in [1.82, 2.24) is 4.90 Å². The van der Waals surface area contributed by atoms with Gasteiger partial charge in [0.15, 0.2) is 6.61 Å². The van der Waals surface area contributed by atoms with Crippen LogP contribution in [0.25, 0.3) is 0 Å². The Morgan fingerprint density at radius 3 is 2.60 bits per heavy atom. The summed E-state index contributed by atoms with van der Waals surface area (Å²) in [5.74, 6) is 0.338. The van der Waals surface area contributed by atoms with Gasteiger partial charge in [-0.05, 0) is 12.1 Å². The van der Waals surface area contributed by atoms with Crippen LogP contribution in [-0.4, -0.2) is 56.9 Å². The third kappa shape index (κ3) is 6.23. The Balaban J connectivity index is 0.00000200. The van der Waals surface area contributed by atoms with Crippen LogP contribution in [0.15, 0.2) is 30.3 Å². The van der Waals surface area contributed by atoms with E-state index in [9.17, 15) is 4.79 Å². The minimum absolute atomic E-state index is 0. The minimum Gasteiger partial charge on any atom is -0.482 e. The lowest BCUT2D eigenvalue weighted by molar-refractivity contribution is -0.146. The molecular formula is C14H20ClNO4. The first-order valence-electron chi connectivity index (χ1n) is 6.48. The maximum absolute atomic E-state index is 11.5. The van der Waals surface area contributed by atoms with E-state index in [2.05, 4.69) is 4.90 Å². The summed E-state index contributed by atoms with van der Waals surface area (Å²) < 4.78 is 15.7. The van der Waals surface area contributed by atoms with Gasteiger partial charge in [0.2, 0.25) is 0 Å². The zero-order valence-corrected chi connectivity index (χ0v) is 12.1. The van der Waals surface area contributed by atoms with Crippen molar-refractivity contribution < 1.29 is 19.0 Å². The van der Waals surface area contributed by atoms with Crippen molar-refractivity contribution in [1.29, 1.82) is 0 Å². The van der Waals surface area contributed by atoms with E-state index in [-0.39, 0.29) is 25.0 Å². The van der Waals surface area contributed by atoms with Crippen molar-refractivity contribution >= 4 is 18.4 Å². The van der Waals surface area contributed by atoms with Gasteiger partial charge in [0.1, 0.15) is 12.4 Å². The molecule has 0 radical (unpaired) electrons. The quantitative estimate of drug-likeness (QED) is 0.743. The van der Waals surface area contributed by atoms with E-state index < -0.39 is 0 Å². The van der Waals surface area contributed by atoms with Crippen LogP contribution in [0.3, 0.4) is 0 Å². The first-order chi connectivity index (χ1) is 9.34. The first-order valence-corrected chi connectivity index (χ1v) is 6.48. The summed E-state index contributed by atoms with van der Waals surface area (Å²) in [6, 6.07) is 9.23. The Bertz CT molecular complexity index is 382. The van der Waals surface area contributed by atoms with Gasteiger partial charge in [0.25, 0.3) is 0 Å². The van der Waals surface area contributed by atoms with E-state index in [1.807, 2.05) is 18.2 Å². The standard InChI is InChI=1S/C14H19NO4.ClH/c16-14(12-19-13-4-2-1-3-5-13)18-11-8-15-6-9-17-10-7-15;/h1-5H,6-12H2;1H. The highest BCUT2D eigenvalue weighted by Gasteiger charge is 2.11. The fraction of sp³-hybridized carbons (Fsp3) is 0.500. The zero-order valence-electron chi connectivity index (χ0n) is 11.3. The van der Waals surface area contributed by atoms with E-state index in [0.29, 0.717) is 12.4 Å². The summed E-state index contributed by atoms with van der Waals surface area (Å²) in [5.41, 5.74) is 0. The van der Waals surface area contributed by atoms with Gasteiger partial charge in [0.05, 0.1) is 13.2 Å². The number of carbonyl (C=O) groups excluding carboxylic acids is 1. The van der Waals surface area contributed by atoms with Crippen molar-refractivity contribution in [2.45, 2.75) is 0 Å². The molecule has 112 valence electrons. The summed E-state index contributed by atoms with van der Waals surface area (Å²) >= 11 is 0. The number of hydrogen-bond donors (Lipinski definition) is 0. The summed E-state index contributed by atoms with van der Waals surface area (Å²) in [7, 11) is 0. The lowest BCUT2D eigenvalue weighted by Gasteiger charge is -2.26. The van der Waals surface area contributed by atoms with E-state index >= 15 is 0 Å². The Labute approximate surface area is 125 Å². The monoisotopic (exact) mass is 301 g/mol. The van der Waals surface area contributed by atoms with Gasteiger partial charge >= 0.3 is 5.97 Å². The predicted molar refractivity (Wildman–Crippen MR) is 77.4 cm³/mol. The van der Waals surface area contributed by atoms with Gasteiger partial charge in [0, 0.05) is 19.6 Å². The molecular weight excluding hydrogens is 282 g/mol. The molecule has 0 aliphatic carbocycles. The van der Waals surface area contributed by atoms with E-state index in [1.165, 1.54) is 0 Å². The van der Waals surface area contributed by atoms with Crippen LogP contribution in [0.2, 0.25) is 0 Å². The topological polar surface area (TPSA) is 48.0 Å². The summed E-state index contributed by atoms with van der Waals surface area (Å²) in [6.45, 7) is 4.41. The number of carbonyl (C=O) groups is 1. The van der Waals surface area contributed by atoms with Gasteiger partial charge in [-0.25, -0.2) is 4.79 Å². The van der Waals surface area contributed by atoms with Crippen LogP contribution >= 0.6 is 12.4 Å². The maximum Gasteiger partial charge on any atom is 0.344 e. The molecule has 0 N–H and O–H groups in total. The number of benzene rings is 1. The summed E-state index contributed by atoms with van der Waals surface area (Å²) in [4.78, 5) is 13.7. The van der Waals surface area contributed by atoms with E-state index in [0.717, 1.165) is 32.8 Å². The number of ether oxygens (including phenoxy) is 3. The lowest BCUT2D eigenvalue weighted by atomic mass is 10.3. The smallest absolute Gasteiger partial charge is 0.344 e. The molecule has 1 fully saturated rings. The van der Waals surface area contributed by atoms with Gasteiger partial charge in [-0.1, -0.05) is 18.2 Å². The van der Waals surface area contributed by atoms with E-state index in [4.69, 9.17) is 14.2 Å². The molecule has 0 unspecified atom stereocenters. The average Bonchev–Trinajstić information content (AvgIpc) is 2.47. The highest BCUT2D eigenvalue weighted by molar-refractivity contribution is 5.85. The van der Waals surface area contributed by atoms with Gasteiger partial charge < -0.3 is 14.2 Å². The largest absolute Gasteiger partial charge is 0.482 e. The van der Waals surface area contributed by atoms with E-state index in [1.54, 1.807) is 12.1 Å². The maximum atomic E-state index is 11.5. The first kappa shape index (κ1) is 16.8. The third-order valence-corrected chi connectivity index (χ3v) is 2.87. The fourth-order valence-corrected chi connectivity index (χ4v) is 1.81. The van der Waals surface area contributed by atoms with Crippen LogP contribution in [0.1, 0.15) is 0 Å². The molecule has 2 rings (SSSR count). The Kier molecular flexibility index (Phi) is 8.02.